The molecule has 110 valence electrons. The smallest absolute Gasteiger partial charge is 0.168 e. The zero-order chi connectivity index (χ0) is 14.7. The maximum atomic E-state index is 10.2. The standard InChI is InChI=1S/C15H17N3O3/c19-13-10-12(15(20)14-11(13)2-1-3-17-14)16-4-5-18-6-8-21-9-7-18/h1-4,10,19-20H,5-9H2. The van der Waals surface area contributed by atoms with Crippen LogP contribution >= 0.6 is 0 Å². The lowest BCUT2D eigenvalue weighted by atomic mass is 10.1. The van der Waals surface area contributed by atoms with Crippen LogP contribution in [0.3, 0.4) is 0 Å². The van der Waals surface area contributed by atoms with Crippen LogP contribution in [0.4, 0.5) is 5.69 Å². The van der Waals surface area contributed by atoms with Gasteiger partial charge in [-0.3, -0.25) is 14.9 Å². The normalized spacial score (nSPS) is 16.8. The Morgan fingerprint density at radius 2 is 2.14 bits per heavy atom. The summed E-state index contributed by atoms with van der Waals surface area (Å²) in [5.74, 6) is 0.0519. The maximum Gasteiger partial charge on any atom is 0.168 e. The number of aromatic hydroxyl groups is 2. The summed E-state index contributed by atoms with van der Waals surface area (Å²) in [5.41, 5.74) is 0.683. The molecule has 1 aliphatic heterocycles. The molecular formula is C15H17N3O3. The fourth-order valence-corrected chi connectivity index (χ4v) is 2.33. The third-order valence-corrected chi connectivity index (χ3v) is 3.50. The lowest BCUT2D eigenvalue weighted by Gasteiger charge is -2.24. The Labute approximate surface area is 122 Å². The van der Waals surface area contributed by atoms with Gasteiger partial charge in [-0.2, -0.15) is 0 Å². The molecule has 6 heteroatoms. The van der Waals surface area contributed by atoms with E-state index in [9.17, 15) is 10.2 Å². The SMILES string of the molecule is Oc1cc(N=CCN2CCOCC2)c(O)c2ncccc12. The number of nitrogens with zero attached hydrogens (tertiary/aromatic N) is 3. The van der Waals surface area contributed by atoms with Crippen LogP contribution in [-0.4, -0.2) is 59.2 Å². The van der Waals surface area contributed by atoms with Crippen LogP contribution in [0, 0.1) is 0 Å². The molecule has 1 aromatic carbocycles. The highest BCUT2D eigenvalue weighted by Gasteiger charge is 2.11. The largest absolute Gasteiger partial charge is 0.507 e. The molecule has 21 heavy (non-hydrogen) atoms. The van der Waals surface area contributed by atoms with E-state index >= 15 is 0 Å². The van der Waals surface area contributed by atoms with Crippen LogP contribution < -0.4 is 0 Å². The Balaban J connectivity index is 1.81. The molecule has 3 rings (SSSR count). The van der Waals surface area contributed by atoms with E-state index in [0.717, 1.165) is 26.3 Å². The molecule has 1 fully saturated rings. The molecule has 0 amide bonds. The van der Waals surface area contributed by atoms with Crippen molar-refractivity contribution < 1.29 is 14.9 Å². The summed E-state index contributed by atoms with van der Waals surface area (Å²) in [6.45, 7) is 3.91. The molecule has 0 atom stereocenters. The Bertz CT molecular complexity index is 667. The highest BCUT2D eigenvalue weighted by molar-refractivity contribution is 5.94. The third-order valence-electron chi connectivity index (χ3n) is 3.50. The number of benzene rings is 1. The number of rotatable bonds is 3. The molecular weight excluding hydrogens is 270 g/mol. The van der Waals surface area contributed by atoms with Crippen molar-refractivity contribution in [3.8, 4) is 11.5 Å². The highest BCUT2D eigenvalue weighted by atomic mass is 16.5. The first-order chi connectivity index (χ1) is 10.3. The molecule has 0 spiro atoms. The quantitative estimate of drug-likeness (QED) is 0.663. The minimum absolute atomic E-state index is 0.0124. The first kappa shape index (κ1) is 13.8. The van der Waals surface area contributed by atoms with Gasteiger partial charge >= 0.3 is 0 Å². The summed E-state index contributed by atoms with van der Waals surface area (Å²) in [5, 5.41) is 20.7. The second kappa shape index (κ2) is 6.07. The van der Waals surface area contributed by atoms with Crippen LogP contribution in [0.15, 0.2) is 29.4 Å². The van der Waals surface area contributed by atoms with Gasteiger partial charge in [0.05, 0.1) is 13.2 Å². The van der Waals surface area contributed by atoms with Gasteiger partial charge in [0.1, 0.15) is 17.0 Å². The fourth-order valence-electron chi connectivity index (χ4n) is 2.33. The number of ether oxygens (including phenoxy) is 1. The summed E-state index contributed by atoms with van der Waals surface area (Å²) in [6, 6.07) is 4.87. The Hall–Kier alpha value is -2.18. The lowest BCUT2D eigenvalue weighted by molar-refractivity contribution is 0.0457. The van der Waals surface area contributed by atoms with E-state index < -0.39 is 0 Å². The Morgan fingerprint density at radius 1 is 1.33 bits per heavy atom. The number of aliphatic imine (C=N–C) groups is 1. The predicted octanol–water partition coefficient (Wildman–Crippen LogP) is 1.68. The molecule has 2 heterocycles. The monoisotopic (exact) mass is 287 g/mol. The number of phenols is 2. The van der Waals surface area contributed by atoms with Gasteiger partial charge in [0.15, 0.2) is 5.75 Å². The number of pyridine rings is 1. The topological polar surface area (TPSA) is 78.2 Å². The zero-order valence-corrected chi connectivity index (χ0v) is 11.6. The first-order valence-electron chi connectivity index (χ1n) is 6.88. The number of phenolic OH excluding ortho intramolecular Hbond substituents is 2. The number of hydrogen-bond acceptors (Lipinski definition) is 6. The molecule has 2 N–H and O–H groups in total. The average molecular weight is 287 g/mol. The van der Waals surface area contributed by atoms with Gasteiger partial charge in [-0.15, -0.1) is 0 Å². The van der Waals surface area contributed by atoms with Gasteiger partial charge in [0.2, 0.25) is 0 Å². The molecule has 0 unspecified atom stereocenters. The molecule has 6 nitrogen and oxygen atoms in total. The number of morpholine rings is 1. The molecule has 0 bridgehead atoms. The van der Waals surface area contributed by atoms with Gasteiger partial charge in [-0.25, -0.2) is 0 Å². The second-order valence-corrected chi connectivity index (χ2v) is 4.89. The fraction of sp³-hybridized carbons (Fsp3) is 0.333. The van der Waals surface area contributed by atoms with Gasteiger partial charge in [0, 0.05) is 43.5 Å². The Morgan fingerprint density at radius 3 is 2.95 bits per heavy atom. The molecule has 0 saturated carbocycles. The van der Waals surface area contributed by atoms with E-state index in [2.05, 4.69) is 14.9 Å². The molecule has 2 aromatic rings. The van der Waals surface area contributed by atoms with Crippen LogP contribution in [-0.2, 0) is 4.74 Å². The van der Waals surface area contributed by atoms with Gasteiger partial charge in [-0.1, -0.05) is 0 Å². The van der Waals surface area contributed by atoms with Crippen molar-refractivity contribution in [1.29, 1.82) is 0 Å². The van der Waals surface area contributed by atoms with E-state index in [1.807, 2.05) is 0 Å². The maximum absolute atomic E-state index is 10.2. The van der Waals surface area contributed by atoms with Crippen molar-refractivity contribution in [2.24, 2.45) is 4.99 Å². The minimum Gasteiger partial charge on any atom is -0.507 e. The van der Waals surface area contributed by atoms with E-state index in [4.69, 9.17) is 4.74 Å². The van der Waals surface area contributed by atoms with E-state index in [1.165, 1.54) is 6.07 Å². The molecule has 1 saturated heterocycles. The Kier molecular flexibility index (Phi) is 3.98. The van der Waals surface area contributed by atoms with E-state index in [0.29, 0.717) is 23.1 Å². The van der Waals surface area contributed by atoms with Crippen molar-refractivity contribution in [1.82, 2.24) is 9.88 Å². The van der Waals surface area contributed by atoms with E-state index in [-0.39, 0.29) is 11.5 Å². The summed E-state index contributed by atoms with van der Waals surface area (Å²) in [4.78, 5) is 10.6. The number of aromatic nitrogens is 1. The second-order valence-electron chi connectivity index (χ2n) is 4.89. The van der Waals surface area contributed by atoms with Crippen molar-refractivity contribution in [3.63, 3.8) is 0 Å². The molecule has 0 aliphatic carbocycles. The number of hydrogen-bond donors (Lipinski definition) is 2. The summed E-state index contributed by atoms with van der Waals surface area (Å²) in [6.07, 6.45) is 3.30. The minimum atomic E-state index is -0.0124. The number of fused-ring (bicyclic) bond motifs is 1. The molecule has 1 aliphatic rings. The van der Waals surface area contributed by atoms with Crippen LogP contribution in [0.2, 0.25) is 0 Å². The van der Waals surface area contributed by atoms with Gasteiger partial charge in [0.25, 0.3) is 0 Å². The van der Waals surface area contributed by atoms with E-state index in [1.54, 1.807) is 24.5 Å². The van der Waals surface area contributed by atoms with Crippen molar-refractivity contribution in [2.75, 3.05) is 32.8 Å². The van der Waals surface area contributed by atoms with Gasteiger partial charge in [-0.05, 0) is 12.1 Å². The van der Waals surface area contributed by atoms with Crippen molar-refractivity contribution >= 4 is 22.8 Å². The highest BCUT2D eigenvalue weighted by Crippen LogP contribution is 2.38. The molecule has 0 radical (unpaired) electrons. The van der Waals surface area contributed by atoms with Crippen molar-refractivity contribution in [3.05, 3.63) is 24.4 Å². The van der Waals surface area contributed by atoms with Gasteiger partial charge < -0.3 is 14.9 Å². The summed E-state index contributed by atoms with van der Waals surface area (Å²) >= 11 is 0. The summed E-state index contributed by atoms with van der Waals surface area (Å²) in [7, 11) is 0. The van der Waals surface area contributed by atoms with Crippen molar-refractivity contribution in [2.45, 2.75) is 0 Å². The zero-order valence-electron chi connectivity index (χ0n) is 11.6. The van der Waals surface area contributed by atoms with Crippen LogP contribution in [0.1, 0.15) is 0 Å². The third kappa shape index (κ3) is 2.96. The first-order valence-corrected chi connectivity index (χ1v) is 6.88. The lowest BCUT2D eigenvalue weighted by Crippen LogP contribution is -2.37. The molecule has 1 aromatic heterocycles. The van der Waals surface area contributed by atoms with Crippen LogP contribution in [0.25, 0.3) is 10.9 Å². The van der Waals surface area contributed by atoms with Crippen LogP contribution in [0.5, 0.6) is 11.5 Å². The predicted molar refractivity (Wildman–Crippen MR) is 80.5 cm³/mol. The summed E-state index contributed by atoms with van der Waals surface area (Å²) < 4.78 is 5.28. The average Bonchev–Trinajstić information content (AvgIpc) is 2.53.